The molecule has 19 heavy (non-hydrogen) atoms. The lowest BCUT2D eigenvalue weighted by atomic mass is 9.94. The molecule has 110 valence electrons. The topological polar surface area (TPSA) is 56.8 Å². The van der Waals surface area contributed by atoms with Gasteiger partial charge in [0.05, 0.1) is 20.3 Å². The van der Waals surface area contributed by atoms with Crippen LogP contribution in [0.2, 0.25) is 0 Å². The highest BCUT2D eigenvalue weighted by Crippen LogP contribution is 2.26. The first-order valence-corrected chi connectivity index (χ1v) is 7.19. The molecule has 2 fully saturated rings. The van der Waals surface area contributed by atoms with E-state index < -0.39 is 5.54 Å². The van der Waals surface area contributed by atoms with Gasteiger partial charge in [0.15, 0.2) is 0 Å². The highest BCUT2D eigenvalue weighted by atomic mass is 16.6. The van der Waals surface area contributed by atoms with E-state index in [0.717, 1.165) is 51.9 Å². The highest BCUT2D eigenvalue weighted by molar-refractivity contribution is 5.80. The molecule has 0 aromatic rings. The third kappa shape index (κ3) is 4.44. The van der Waals surface area contributed by atoms with Gasteiger partial charge in [-0.1, -0.05) is 0 Å². The maximum Gasteiger partial charge on any atom is 0.325 e. The molecule has 0 aromatic carbocycles. The van der Waals surface area contributed by atoms with Crippen LogP contribution in [0.1, 0.15) is 39.0 Å². The number of hydrogen-bond acceptors (Lipinski definition) is 5. The van der Waals surface area contributed by atoms with E-state index in [1.54, 1.807) is 0 Å². The number of methoxy groups -OCH3 is 1. The van der Waals surface area contributed by atoms with Gasteiger partial charge in [0, 0.05) is 12.6 Å². The van der Waals surface area contributed by atoms with Gasteiger partial charge in [-0.2, -0.15) is 0 Å². The van der Waals surface area contributed by atoms with Crippen LogP contribution in [-0.4, -0.2) is 50.6 Å². The van der Waals surface area contributed by atoms with Gasteiger partial charge in [-0.3, -0.25) is 10.1 Å². The van der Waals surface area contributed by atoms with Crippen LogP contribution in [0.15, 0.2) is 0 Å². The monoisotopic (exact) mass is 271 g/mol. The zero-order valence-corrected chi connectivity index (χ0v) is 11.9. The summed E-state index contributed by atoms with van der Waals surface area (Å²) >= 11 is 0. The third-order valence-corrected chi connectivity index (χ3v) is 3.77. The average molecular weight is 271 g/mol. The summed E-state index contributed by atoms with van der Waals surface area (Å²) in [5.41, 5.74) is -0.546. The molecule has 0 spiro atoms. The van der Waals surface area contributed by atoms with Crippen molar-refractivity contribution in [3.63, 3.8) is 0 Å². The Morgan fingerprint density at radius 1 is 1.37 bits per heavy atom. The number of carbonyl (C=O) groups is 1. The Bertz CT molecular complexity index is 302. The molecular formula is C14H25NO4. The molecule has 0 amide bonds. The second-order valence-corrected chi connectivity index (χ2v) is 5.73. The summed E-state index contributed by atoms with van der Waals surface area (Å²) in [5.74, 6) is -0.160. The number of unbranched alkanes of at least 4 members (excludes halogenated alkanes) is 1. The lowest BCUT2D eigenvalue weighted by Gasteiger charge is -2.29. The third-order valence-electron chi connectivity index (χ3n) is 3.77. The van der Waals surface area contributed by atoms with E-state index in [4.69, 9.17) is 14.2 Å². The number of hydrogen-bond donors (Lipinski definition) is 1. The van der Waals surface area contributed by atoms with Crippen molar-refractivity contribution in [2.75, 3.05) is 26.9 Å². The van der Waals surface area contributed by atoms with Crippen LogP contribution in [0.4, 0.5) is 0 Å². The van der Waals surface area contributed by atoms with Gasteiger partial charge in [-0.15, -0.1) is 0 Å². The van der Waals surface area contributed by atoms with Crippen LogP contribution < -0.4 is 5.32 Å². The Kier molecular flexibility index (Phi) is 5.19. The van der Waals surface area contributed by atoms with Gasteiger partial charge < -0.3 is 14.2 Å². The van der Waals surface area contributed by atoms with E-state index in [2.05, 4.69) is 5.32 Å². The minimum Gasteiger partial charge on any atom is -0.468 e. The Balaban J connectivity index is 1.64. The van der Waals surface area contributed by atoms with Crippen LogP contribution in [0.25, 0.3) is 0 Å². The lowest BCUT2D eigenvalue weighted by Crippen LogP contribution is -2.51. The first kappa shape index (κ1) is 14.8. The van der Waals surface area contributed by atoms with Crippen molar-refractivity contribution in [2.45, 2.75) is 56.7 Å². The van der Waals surface area contributed by atoms with Gasteiger partial charge >= 0.3 is 5.97 Å². The summed E-state index contributed by atoms with van der Waals surface area (Å²) in [6.45, 7) is 4.14. The van der Waals surface area contributed by atoms with Gasteiger partial charge in [-0.05, 0) is 39.0 Å². The fraction of sp³-hybridized carbons (Fsp3) is 0.929. The molecule has 1 saturated heterocycles. The van der Waals surface area contributed by atoms with E-state index in [1.807, 2.05) is 6.92 Å². The molecule has 0 aromatic heterocycles. The quantitative estimate of drug-likeness (QED) is 0.505. The Morgan fingerprint density at radius 2 is 2.11 bits per heavy atom. The molecular weight excluding hydrogens is 246 g/mol. The predicted molar refractivity (Wildman–Crippen MR) is 71.0 cm³/mol. The van der Waals surface area contributed by atoms with Crippen molar-refractivity contribution in [3.8, 4) is 0 Å². The molecule has 1 atom stereocenters. The molecule has 2 rings (SSSR count). The van der Waals surface area contributed by atoms with E-state index in [1.165, 1.54) is 7.11 Å². The standard InChI is InChI=1S/C14H25NO4/c1-14(13(16)17-2,15-11-5-6-11)7-3-4-8-19-12-9-18-10-12/h11-12,15H,3-10H2,1-2H3. The van der Waals surface area contributed by atoms with E-state index in [9.17, 15) is 4.79 Å². The molecule has 1 N–H and O–H groups in total. The molecule has 1 heterocycles. The summed E-state index contributed by atoms with van der Waals surface area (Å²) in [5, 5.41) is 3.40. The van der Waals surface area contributed by atoms with Crippen LogP contribution in [0.3, 0.4) is 0 Å². The maximum atomic E-state index is 11.9. The van der Waals surface area contributed by atoms with E-state index >= 15 is 0 Å². The van der Waals surface area contributed by atoms with Crippen molar-refractivity contribution in [3.05, 3.63) is 0 Å². The second-order valence-electron chi connectivity index (χ2n) is 5.73. The molecule has 1 saturated carbocycles. The molecule has 0 bridgehead atoms. The zero-order valence-electron chi connectivity index (χ0n) is 11.9. The van der Waals surface area contributed by atoms with Crippen LogP contribution >= 0.6 is 0 Å². The molecule has 1 aliphatic carbocycles. The number of nitrogens with one attached hydrogen (secondary N) is 1. The molecule has 1 aliphatic heterocycles. The number of ether oxygens (including phenoxy) is 3. The minimum absolute atomic E-state index is 0.160. The predicted octanol–water partition coefficient (Wildman–Crippen LogP) is 1.26. The fourth-order valence-corrected chi connectivity index (χ4v) is 2.28. The van der Waals surface area contributed by atoms with E-state index in [0.29, 0.717) is 6.04 Å². The van der Waals surface area contributed by atoms with Crippen molar-refractivity contribution < 1.29 is 19.0 Å². The lowest BCUT2D eigenvalue weighted by molar-refractivity contribution is -0.148. The number of esters is 1. The average Bonchev–Trinajstić information content (AvgIpc) is 3.14. The van der Waals surface area contributed by atoms with Crippen LogP contribution in [0.5, 0.6) is 0 Å². The maximum absolute atomic E-state index is 11.9. The Morgan fingerprint density at radius 3 is 2.63 bits per heavy atom. The second kappa shape index (κ2) is 6.68. The van der Waals surface area contributed by atoms with Crippen molar-refractivity contribution in [1.29, 1.82) is 0 Å². The first-order chi connectivity index (χ1) is 9.14. The Hall–Kier alpha value is -0.650. The van der Waals surface area contributed by atoms with Crippen molar-refractivity contribution >= 4 is 5.97 Å². The van der Waals surface area contributed by atoms with Crippen LogP contribution in [0, 0.1) is 0 Å². The minimum atomic E-state index is -0.546. The molecule has 0 radical (unpaired) electrons. The highest BCUT2D eigenvalue weighted by Gasteiger charge is 2.38. The molecule has 1 unspecified atom stereocenters. The first-order valence-electron chi connectivity index (χ1n) is 7.19. The summed E-state index contributed by atoms with van der Waals surface area (Å²) in [7, 11) is 1.45. The molecule has 5 heteroatoms. The summed E-state index contributed by atoms with van der Waals surface area (Å²) in [6.07, 6.45) is 5.33. The molecule has 5 nitrogen and oxygen atoms in total. The van der Waals surface area contributed by atoms with Gasteiger partial charge in [0.1, 0.15) is 11.6 Å². The number of rotatable bonds is 9. The van der Waals surface area contributed by atoms with Crippen molar-refractivity contribution in [1.82, 2.24) is 5.32 Å². The smallest absolute Gasteiger partial charge is 0.325 e. The molecule has 2 aliphatic rings. The van der Waals surface area contributed by atoms with E-state index in [-0.39, 0.29) is 12.1 Å². The van der Waals surface area contributed by atoms with Gasteiger partial charge in [-0.25, -0.2) is 0 Å². The SMILES string of the molecule is COC(=O)C(C)(CCCCOC1COC1)NC1CC1. The summed E-state index contributed by atoms with van der Waals surface area (Å²) < 4.78 is 15.6. The normalized spacial score (nSPS) is 22.6. The summed E-state index contributed by atoms with van der Waals surface area (Å²) in [6, 6.07) is 0.493. The summed E-state index contributed by atoms with van der Waals surface area (Å²) in [4.78, 5) is 11.9. The number of carbonyl (C=O) groups excluding carboxylic acids is 1. The fourth-order valence-electron chi connectivity index (χ4n) is 2.28. The van der Waals surface area contributed by atoms with Gasteiger partial charge in [0.2, 0.25) is 0 Å². The van der Waals surface area contributed by atoms with Crippen molar-refractivity contribution in [2.24, 2.45) is 0 Å². The zero-order chi connectivity index (χ0) is 13.7. The van der Waals surface area contributed by atoms with Crippen LogP contribution in [-0.2, 0) is 19.0 Å². The Labute approximate surface area is 115 Å². The van der Waals surface area contributed by atoms with Gasteiger partial charge in [0.25, 0.3) is 0 Å². The largest absolute Gasteiger partial charge is 0.468 e.